The predicted molar refractivity (Wildman–Crippen MR) is 56.8 cm³/mol. The van der Waals surface area contributed by atoms with E-state index in [-0.39, 0.29) is 0 Å². The molecule has 13 heavy (non-hydrogen) atoms. The van der Waals surface area contributed by atoms with Crippen molar-refractivity contribution in [1.29, 1.82) is 0 Å². The summed E-state index contributed by atoms with van der Waals surface area (Å²) >= 11 is 1.72. The lowest BCUT2D eigenvalue weighted by atomic mass is 10.2. The third-order valence-electron chi connectivity index (χ3n) is 1.72. The number of anilines is 1. The van der Waals surface area contributed by atoms with Gasteiger partial charge in [-0.15, -0.1) is 11.8 Å². The molecular weight excluding hydrogens is 182 g/mol. The molecule has 0 saturated heterocycles. The molecule has 4 heteroatoms. The van der Waals surface area contributed by atoms with E-state index >= 15 is 0 Å². The summed E-state index contributed by atoms with van der Waals surface area (Å²) in [5.41, 5.74) is 6.88. The summed E-state index contributed by atoms with van der Waals surface area (Å²) < 4.78 is 0. The molecule has 0 radical (unpaired) electrons. The van der Waals surface area contributed by atoms with E-state index in [0.717, 1.165) is 29.2 Å². The second-order valence-corrected chi connectivity index (χ2v) is 3.98. The zero-order chi connectivity index (χ0) is 9.68. The van der Waals surface area contributed by atoms with Crippen LogP contribution >= 0.6 is 11.8 Å². The number of hydrogen-bond donors (Lipinski definition) is 1. The quantitative estimate of drug-likeness (QED) is 0.593. The number of rotatable bonds is 4. The Bertz CT molecular complexity index is 276. The number of nitrogens with two attached hydrogens (primary N) is 1. The molecule has 0 aromatic carbocycles. The molecule has 0 aliphatic rings. The molecule has 0 amide bonds. The van der Waals surface area contributed by atoms with Gasteiger partial charge in [0, 0.05) is 5.56 Å². The van der Waals surface area contributed by atoms with Gasteiger partial charge in [-0.2, -0.15) is 0 Å². The second kappa shape index (κ2) is 5.07. The van der Waals surface area contributed by atoms with Crippen molar-refractivity contribution in [3.05, 3.63) is 11.9 Å². The highest BCUT2D eigenvalue weighted by Gasteiger charge is 2.07. The molecule has 1 aromatic heterocycles. The molecular formula is C9H15N3S. The average Bonchev–Trinajstić information content (AvgIpc) is 2.11. The van der Waals surface area contributed by atoms with Crippen molar-refractivity contribution in [2.75, 3.05) is 11.5 Å². The first-order valence-corrected chi connectivity index (χ1v) is 5.50. The van der Waals surface area contributed by atoms with Crippen LogP contribution in [0.4, 0.5) is 5.82 Å². The smallest absolute Gasteiger partial charge is 0.131 e. The molecule has 0 unspecified atom stereocenters. The summed E-state index contributed by atoms with van der Waals surface area (Å²) in [5, 5.41) is 1.04. The Labute approximate surface area is 83.2 Å². The van der Waals surface area contributed by atoms with Gasteiger partial charge in [0.2, 0.25) is 0 Å². The second-order valence-electron chi connectivity index (χ2n) is 2.73. The molecule has 0 saturated carbocycles. The van der Waals surface area contributed by atoms with Crippen molar-refractivity contribution in [1.82, 2.24) is 9.97 Å². The predicted octanol–water partition coefficient (Wildman–Crippen LogP) is 2.12. The Morgan fingerprint density at radius 2 is 2.15 bits per heavy atom. The molecule has 0 aliphatic heterocycles. The summed E-state index contributed by atoms with van der Waals surface area (Å²) in [5.74, 6) is 1.65. The fraction of sp³-hybridized carbons (Fsp3) is 0.556. The van der Waals surface area contributed by atoms with Gasteiger partial charge in [-0.05, 0) is 12.2 Å². The Hall–Kier alpha value is -0.770. The van der Waals surface area contributed by atoms with Gasteiger partial charge in [0.05, 0.1) is 0 Å². The third kappa shape index (κ3) is 2.59. The van der Waals surface area contributed by atoms with Crippen molar-refractivity contribution in [3.8, 4) is 0 Å². The van der Waals surface area contributed by atoms with Crippen LogP contribution in [0.2, 0.25) is 0 Å². The average molecular weight is 197 g/mol. The van der Waals surface area contributed by atoms with Crippen molar-refractivity contribution in [3.63, 3.8) is 0 Å². The van der Waals surface area contributed by atoms with Gasteiger partial charge in [0.1, 0.15) is 17.2 Å². The highest BCUT2D eigenvalue weighted by molar-refractivity contribution is 7.99. The Balaban J connectivity index is 2.95. The maximum atomic E-state index is 5.77. The van der Waals surface area contributed by atoms with E-state index in [0.29, 0.717) is 5.82 Å². The van der Waals surface area contributed by atoms with Crippen LogP contribution in [0.5, 0.6) is 0 Å². The van der Waals surface area contributed by atoms with E-state index < -0.39 is 0 Å². The fourth-order valence-electron chi connectivity index (χ4n) is 1.16. The summed E-state index contributed by atoms with van der Waals surface area (Å²) in [6.45, 7) is 4.24. The van der Waals surface area contributed by atoms with Crippen molar-refractivity contribution in [2.45, 2.75) is 31.7 Å². The van der Waals surface area contributed by atoms with Crippen LogP contribution < -0.4 is 5.73 Å². The van der Waals surface area contributed by atoms with Crippen LogP contribution in [0.3, 0.4) is 0 Å². The first kappa shape index (κ1) is 10.3. The molecule has 2 N–H and O–H groups in total. The standard InChI is InChI=1S/C9H15N3S/c1-3-5-7-8(10)11-6-12-9(7)13-4-2/h6H,3-5H2,1-2H3,(H2,10,11,12). The lowest BCUT2D eigenvalue weighted by Gasteiger charge is -2.07. The topological polar surface area (TPSA) is 51.8 Å². The maximum absolute atomic E-state index is 5.77. The Morgan fingerprint density at radius 1 is 1.38 bits per heavy atom. The monoisotopic (exact) mass is 197 g/mol. The van der Waals surface area contributed by atoms with Crippen molar-refractivity contribution in [2.24, 2.45) is 0 Å². The molecule has 0 fully saturated rings. The molecule has 0 bridgehead atoms. The van der Waals surface area contributed by atoms with Crippen molar-refractivity contribution >= 4 is 17.6 Å². The van der Waals surface area contributed by atoms with Gasteiger partial charge in [0.15, 0.2) is 0 Å². The maximum Gasteiger partial charge on any atom is 0.131 e. The molecule has 1 heterocycles. The highest BCUT2D eigenvalue weighted by atomic mass is 32.2. The molecule has 0 aliphatic carbocycles. The molecule has 1 aromatic rings. The summed E-state index contributed by atoms with van der Waals surface area (Å²) in [4.78, 5) is 8.21. The van der Waals surface area contributed by atoms with E-state index in [1.54, 1.807) is 11.8 Å². The third-order valence-corrected chi connectivity index (χ3v) is 2.63. The molecule has 0 spiro atoms. The van der Waals surface area contributed by atoms with E-state index in [2.05, 4.69) is 23.8 Å². The summed E-state index contributed by atoms with van der Waals surface area (Å²) in [6, 6.07) is 0. The van der Waals surface area contributed by atoms with Gasteiger partial charge in [-0.25, -0.2) is 9.97 Å². The number of aromatic nitrogens is 2. The van der Waals surface area contributed by atoms with E-state index in [4.69, 9.17) is 5.73 Å². The number of hydrogen-bond acceptors (Lipinski definition) is 4. The van der Waals surface area contributed by atoms with Crippen LogP contribution in [0.25, 0.3) is 0 Å². The van der Waals surface area contributed by atoms with Crippen LogP contribution in [-0.2, 0) is 6.42 Å². The normalized spacial score (nSPS) is 10.3. The molecule has 3 nitrogen and oxygen atoms in total. The van der Waals surface area contributed by atoms with Gasteiger partial charge in [-0.3, -0.25) is 0 Å². The van der Waals surface area contributed by atoms with Crippen LogP contribution in [0.15, 0.2) is 11.4 Å². The Morgan fingerprint density at radius 3 is 2.77 bits per heavy atom. The first-order valence-electron chi connectivity index (χ1n) is 4.51. The number of thioether (sulfide) groups is 1. The van der Waals surface area contributed by atoms with E-state index in [1.165, 1.54) is 6.33 Å². The van der Waals surface area contributed by atoms with Gasteiger partial charge in [-0.1, -0.05) is 20.3 Å². The van der Waals surface area contributed by atoms with E-state index in [9.17, 15) is 0 Å². The number of nitrogens with zero attached hydrogens (tertiary/aromatic N) is 2. The van der Waals surface area contributed by atoms with Crippen LogP contribution in [0, 0.1) is 0 Å². The van der Waals surface area contributed by atoms with Gasteiger partial charge >= 0.3 is 0 Å². The minimum Gasteiger partial charge on any atom is -0.383 e. The number of nitrogen functional groups attached to an aromatic ring is 1. The molecule has 72 valence electrons. The minimum atomic E-state index is 0.632. The SMILES string of the molecule is CCCc1c(N)ncnc1SCC. The zero-order valence-corrected chi connectivity index (χ0v) is 8.90. The highest BCUT2D eigenvalue weighted by Crippen LogP contribution is 2.23. The van der Waals surface area contributed by atoms with Gasteiger partial charge in [0.25, 0.3) is 0 Å². The molecule has 0 atom stereocenters. The largest absolute Gasteiger partial charge is 0.383 e. The van der Waals surface area contributed by atoms with Crippen molar-refractivity contribution < 1.29 is 0 Å². The molecule has 1 rings (SSSR count). The van der Waals surface area contributed by atoms with Crippen LogP contribution in [0.1, 0.15) is 25.8 Å². The summed E-state index contributed by atoms with van der Waals surface area (Å²) in [6.07, 6.45) is 3.58. The van der Waals surface area contributed by atoms with E-state index in [1.807, 2.05) is 0 Å². The summed E-state index contributed by atoms with van der Waals surface area (Å²) in [7, 11) is 0. The Kier molecular flexibility index (Phi) is 4.02. The lowest BCUT2D eigenvalue weighted by molar-refractivity contribution is 0.862. The minimum absolute atomic E-state index is 0.632. The lowest BCUT2D eigenvalue weighted by Crippen LogP contribution is -2.01. The van der Waals surface area contributed by atoms with Crippen LogP contribution in [-0.4, -0.2) is 15.7 Å². The first-order chi connectivity index (χ1) is 6.29. The zero-order valence-electron chi connectivity index (χ0n) is 8.08. The van der Waals surface area contributed by atoms with Gasteiger partial charge < -0.3 is 5.73 Å². The fourth-order valence-corrected chi connectivity index (χ4v) is 1.93.